The van der Waals surface area contributed by atoms with Crippen LogP contribution in [0.5, 0.6) is 0 Å². The molecule has 0 amide bonds. The lowest BCUT2D eigenvalue weighted by Crippen LogP contribution is -2.39. The maximum Gasteiger partial charge on any atom is 0.185 e. The van der Waals surface area contributed by atoms with Gasteiger partial charge in [0.05, 0.1) is 12.3 Å². The van der Waals surface area contributed by atoms with Crippen LogP contribution in [0.15, 0.2) is 18.3 Å². The number of aliphatic hydroxyl groups excluding tert-OH is 1. The van der Waals surface area contributed by atoms with E-state index in [2.05, 4.69) is 9.88 Å². The van der Waals surface area contributed by atoms with Gasteiger partial charge in [-0.2, -0.15) is 0 Å². The van der Waals surface area contributed by atoms with Crippen LogP contribution in [-0.2, 0) is 0 Å². The van der Waals surface area contributed by atoms with E-state index in [0.717, 1.165) is 32.1 Å². The van der Waals surface area contributed by atoms with Crippen molar-refractivity contribution in [2.75, 3.05) is 19.6 Å². The van der Waals surface area contributed by atoms with E-state index >= 15 is 0 Å². The molecular formula is C14H19FN2O2. The maximum atomic E-state index is 12.8. The normalized spacial score (nSPS) is 19.3. The minimum absolute atomic E-state index is 0.0638. The standard InChI is InChI=1S/C14H19FN2O2/c1-10(9-17-6-4-12(18)5-7-17)14(19)13-3-2-11(15)8-16-13/h2-3,8,10,12,18H,4-7,9H2,1H3. The zero-order valence-corrected chi connectivity index (χ0v) is 11.1. The fourth-order valence-electron chi connectivity index (χ4n) is 2.35. The summed E-state index contributed by atoms with van der Waals surface area (Å²) in [5.74, 6) is -0.673. The first-order chi connectivity index (χ1) is 9.06. The van der Waals surface area contributed by atoms with Crippen LogP contribution in [0.2, 0.25) is 0 Å². The van der Waals surface area contributed by atoms with Crippen molar-refractivity contribution in [2.45, 2.75) is 25.9 Å². The number of hydrogen-bond donors (Lipinski definition) is 1. The van der Waals surface area contributed by atoms with E-state index in [1.54, 1.807) is 0 Å². The SMILES string of the molecule is CC(CN1CCC(O)CC1)C(=O)c1ccc(F)cn1. The van der Waals surface area contributed by atoms with E-state index in [9.17, 15) is 14.3 Å². The molecule has 1 unspecified atom stereocenters. The number of rotatable bonds is 4. The highest BCUT2D eigenvalue weighted by molar-refractivity contribution is 5.95. The Balaban J connectivity index is 1.90. The van der Waals surface area contributed by atoms with Crippen LogP contribution in [0.1, 0.15) is 30.3 Å². The molecule has 4 nitrogen and oxygen atoms in total. The Bertz CT molecular complexity index is 428. The third-order valence-electron chi connectivity index (χ3n) is 3.52. The van der Waals surface area contributed by atoms with Gasteiger partial charge in [-0.25, -0.2) is 4.39 Å². The third-order valence-corrected chi connectivity index (χ3v) is 3.52. The lowest BCUT2D eigenvalue weighted by Gasteiger charge is -2.31. The van der Waals surface area contributed by atoms with Crippen LogP contribution in [0.25, 0.3) is 0 Å². The van der Waals surface area contributed by atoms with Crippen molar-refractivity contribution in [3.63, 3.8) is 0 Å². The first kappa shape index (κ1) is 14.1. The molecule has 19 heavy (non-hydrogen) atoms. The van der Waals surface area contributed by atoms with Gasteiger partial charge in [-0.3, -0.25) is 9.78 Å². The van der Waals surface area contributed by atoms with Crippen molar-refractivity contribution < 1.29 is 14.3 Å². The van der Waals surface area contributed by atoms with Gasteiger partial charge in [0, 0.05) is 25.6 Å². The number of piperidine rings is 1. The zero-order chi connectivity index (χ0) is 13.8. The van der Waals surface area contributed by atoms with Crippen LogP contribution < -0.4 is 0 Å². The van der Waals surface area contributed by atoms with Crippen molar-refractivity contribution in [3.05, 3.63) is 29.8 Å². The summed E-state index contributed by atoms with van der Waals surface area (Å²) in [7, 11) is 0. The fraction of sp³-hybridized carbons (Fsp3) is 0.571. The van der Waals surface area contributed by atoms with E-state index < -0.39 is 5.82 Å². The number of pyridine rings is 1. The highest BCUT2D eigenvalue weighted by Gasteiger charge is 2.23. The van der Waals surface area contributed by atoms with Gasteiger partial charge in [0.15, 0.2) is 5.78 Å². The van der Waals surface area contributed by atoms with Gasteiger partial charge in [-0.15, -0.1) is 0 Å². The molecule has 1 N–H and O–H groups in total. The van der Waals surface area contributed by atoms with Crippen LogP contribution in [0, 0.1) is 11.7 Å². The Hall–Kier alpha value is -1.33. The van der Waals surface area contributed by atoms with Crippen molar-refractivity contribution in [2.24, 2.45) is 5.92 Å². The molecule has 5 heteroatoms. The monoisotopic (exact) mass is 266 g/mol. The highest BCUT2D eigenvalue weighted by Crippen LogP contribution is 2.14. The minimum atomic E-state index is -0.436. The largest absolute Gasteiger partial charge is 0.393 e. The molecule has 1 aliphatic rings. The van der Waals surface area contributed by atoms with Crippen LogP contribution in [-0.4, -0.2) is 46.5 Å². The zero-order valence-electron chi connectivity index (χ0n) is 11.1. The summed E-state index contributed by atoms with van der Waals surface area (Å²) < 4.78 is 12.8. The molecule has 1 atom stereocenters. The van der Waals surface area contributed by atoms with Gasteiger partial charge in [-0.05, 0) is 25.0 Å². The fourth-order valence-corrected chi connectivity index (χ4v) is 2.35. The number of aromatic nitrogens is 1. The van der Waals surface area contributed by atoms with Crippen molar-refractivity contribution >= 4 is 5.78 Å². The second-order valence-electron chi connectivity index (χ2n) is 5.16. The summed E-state index contributed by atoms with van der Waals surface area (Å²) in [4.78, 5) is 18.1. The smallest absolute Gasteiger partial charge is 0.185 e. The van der Waals surface area contributed by atoms with Crippen molar-refractivity contribution in [1.82, 2.24) is 9.88 Å². The quantitative estimate of drug-likeness (QED) is 0.839. The number of carbonyl (C=O) groups excluding carboxylic acids is 1. The van der Waals surface area contributed by atoms with Crippen LogP contribution in [0.3, 0.4) is 0 Å². The second-order valence-corrected chi connectivity index (χ2v) is 5.16. The predicted octanol–water partition coefficient (Wildman–Crippen LogP) is 1.50. The lowest BCUT2D eigenvalue weighted by molar-refractivity contribution is 0.0692. The molecule has 0 bridgehead atoms. The van der Waals surface area contributed by atoms with Gasteiger partial charge in [-0.1, -0.05) is 6.92 Å². The third kappa shape index (κ3) is 3.81. The summed E-state index contributed by atoms with van der Waals surface area (Å²) in [6.07, 6.45) is 2.38. The number of hydrogen-bond acceptors (Lipinski definition) is 4. The van der Waals surface area contributed by atoms with Gasteiger partial charge >= 0.3 is 0 Å². The predicted molar refractivity (Wildman–Crippen MR) is 69.4 cm³/mol. The molecule has 104 valence electrons. The van der Waals surface area contributed by atoms with E-state index in [1.165, 1.54) is 12.1 Å². The number of likely N-dealkylation sites (tertiary alicyclic amines) is 1. The molecule has 1 aliphatic heterocycles. The average Bonchev–Trinajstić information content (AvgIpc) is 2.41. The number of nitrogens with zero attached hydrogens (tertiary/aromatic N) is 2. The van der Waals surface area contributed by atoms with Crippen molar-refractivity contribution in [1.29, 1.82) is 0 Å². The molecule has 1 aromatic heterocycles. The Morgan fingerprint density at radius 1 is 1.53 bits per heavy atom. The summed E-state index contributed by atoms with van der Waals surface area (Å²) in [5.41, 5.74) is 0.311. The van der Waals surface area contributed by atoms with E-state index in [4.69, 9.17) is 0 Å². The summed E-state index contributed by atoms with van der Waals surface area (Å²) in [6, 6.07) is 2.68. The average molecular weight is 266 g/mol. The molecule has 1 fully saturated rings. The Morgan fingerprint density at radius 2 is 2.21 bits per heavy atom. The summed E-state index contributed by atoms with van der Waals surface area (Å²) in [6.45, 7) is 4.15. The second kappa shape index (κ2) is 6.21. The number of aliphatic hydroxyl groups is 1. The molecule has 2 heterocycles. The first-order valence-electron chi connectivity index (χ1n) is 6.62. The number of Topliss-reactive ketones (excluding diaryl/α,β-unsaturated/α-hetero) is 1. The topological polar surface area (TPSA) is 53.4 Å². The molecule has 0 aromatic carbocycles. The number of ketones is 1. The van der Waals surface area contributed by atoms with Gasteiger partial charge in [0.25, 0.3) is 0 Å². The minimum Gasteiger partial charge on any atom is -0.393 e. The summed E-state index contributed by atoms with van der Waals surface area (Å²) >= 11 is 0. The van der Waals surface area contributed by atoms with E-state index in [-0.39, 0.29) is 17.8 Å². The van der Waals surface area contributed by atoms with Gasteiger partial charge in [0.1, 0.15) is 11.5 Å². The molecule has 1 saturated heterocycles. The van der Waals surface area contributed by atoms with E-state index in [1.807, 2.05) is 6.92 Å². The molecule has 0 radical (unpaired) electrons. The van der Waals surface area contributed by atoms with Crippen molar-refractivity contribution in [3.8, 4) is 0 Å². The maximum absolute atomic E-state index is 12.8. The highest BCUT2D eigenvalue weighted by atomic mass is 19.1. The number of halogens is 1. The van der Waals surface area contributed by atoms with Gasteiger partial charge < -0.3 is 10.0 Å². The Kier molecular flexibility index (Phi) is 4.61. The van der Waals surface area contributed by atoms with Crippen LogP contribution >= 0.6 is 0 Å². The molecule has 0 spiro atoms. The molecule has 2 rings (SSSR count). The van der Waals surface area contributed by atoms with Gasteiger partial charge in [0.2, 0.25) is 0 Å². The lowest BCUT2D eigenvalue weighted by atomic mass is 10.0. The van der Waals surface area contributed by atoms with Crippen LogP contribution in [0.4, 0.5) is 4.39 Å². The van der Waals surface area contributed by atoms with E-state index in [0.29, 0.717) is 12.2 Å². The molecule has 0 aliphatic carbocycles. The molecule has 1 aromatic rings. The molecular weight excluding hydrogens is 247 g/mol. The Labute approximate surface area is 112 Å². The number of carbonyl (C=O) groups is 1. The summed E-state index contributed by atoms with van der Waals surface area (Å²) in [5, 5.41) is 9.44. The molecule has 0 saturated carbocycles. The Morgan fingerprint density at radius 3 is 2.79 bits per heavy atom. The first-order valence-corrected chi connectivity index (χ1v) is 6.62.